The maximum atomic E-state index is 10.7. The van der Waals surface area contributed by atoms with E-state index >= 15 is 0 Å². The molecule has 0 aromatic heterocycles. The summed E-state index contributed by atoms with van der Waals surface area (Å²) in [5.74, 6) is 0.822. The van der Waals surface area contributed by atoms with Gasteiger partial charge in [-0.1, -0.05) is 90.5 Å². The van der Waals surface area contributed by atoms with Crippen LogP contribution in [0.4, 0.5) is 0 Å². The Morgan fingerprint density at radius 3 is 2.17 bits per heavy atom. The van der Waals surface area contributed by atoms with Crippen LogP contribution in [0.15, 0.2) is 24.3 Å². The van der Waals surface area contributed by atoms with Crippen LogP contribution in [-0.2, 0) is 6.42 Å². The van der Waals surface area contributed by atoms with Crippen molar-refractivity contribution in [3.05, 3.63) is 35.4 Å². The van der Waals surface area contributed by atoms with E-state index in [4.69, 9.17) is 0 Å². The lowest BCUT2D eigenvalue weighted by atomic mass is 9.80. The molecule has 0 bridgehead atoms. The Bertz CT molecular complexity index is 424. The lowest BCUT2D eigenvalue weighted by Gasteiger charge is -2.26. The molecule has 0 aliphatic heterocycles. The lowest BCUT2D eigenvalue weighted by molar-refractivity contribution is 0.112. The molecule has 23 heavy (non-hydrogen) atoms. The minimum atomic E-state index is 0.412. The maximum absolute atomic E-state index is 10.7. The number of benzene rings is 1. The van der Waals surface area contributed by atoms with Crippen molar-refractivity contribution in [2.75, 3.05) is 0 Å². The molecule has 1 heteroatoms. The van der Waals surface area contributed by atoms with Gasteiger partial charge in [0.05, 0.1) is 0 Å². The van der Waals surface area contributed by atoms with Gasteiger partial charge in [0.25, 0.3) is 0 Å². The van der Waals surface area contributed by atoms with Crippen molar-refractivity contribution >= 4 is 6.29 Å². The zero-order valence-corrected chi connectivity index (χ0v) is 15.7. The number of hydrogen-bond acceptors (Lipinski definition) is 1. The van der Waals surface area contributed by atoms with Gasteiger partial charge in [0, 0.05) is 5.56 Å². The molecule has 0 heterocycles. The summed E-state index contributed by atoms with van der Waals surface area (Å²) in [6, 6.07) is 8.09. The molecule has 130 valence electrons. The third-order valence-electron chi connectivity index (χ3n) is 4.57. The number of carbonyl (C=O) groups excluding carboxylic acids is 1. The molecule has 0 fully saturated rings. The van der Waals surface area contributed by atoms with Gasteiger partial charge >= 0.3 is 0 Å². The van der Waals surface area contributed by atoms with Gasteiger partial charge in [0.15, 0.2) is 0 Å². The Hall–Kier alpha value is -1.11. The van der Waals surface area contributed by atoms with Crippen LogP contribution in [-0.4, -0.2) is 6.29 Å². The highest BCUT2D eigenvalue weighted by atomic mass is 16.1. The number of aryl methyl sites for hydroxylation is 1. The fourth-order valence-electron chi connectivity index (χ4n) is 3.38. The van der Waals surface area contributed by atoms with Gasteiger partial charge in [-0.25, -0.2) is 0 Å². The van der Waals surface area contributed by atoms with Crippen LogP contribution in [0.25, 0.3) is 0 Å². The Morgan fingerprint density at radius 1 is 0.957 bits per heavy atom. The summed E-state index contributed by atoms with van der Waals surface area (Å²) in [6.45, 7) is 9.35. The summed E-state index contributed by atoms with van der Waals surface area (Å²) in [5.41, 5.74) is 2.55. The van der Waals surface area contributed by atoms with Crippen molar-refractivity contribution in [2.24, 2.45) is 11.3 Å². The second kappa shape index (κ2) is 10.6. The normalized spacial score (nSPS) is 13.0. The van der Waals surface area contributed by atoms with Crippen LogP contribution in [0.5, 0.6) is 0 Å². The zero-order chi connectivity index (χ0) is 17.1. The van der Waals surface area contributed by atoms with E-state index in [-0.39, 0.29) is 0 Å². The highest BCUT2D eigenvalue weighted by Gasteiger charge is 2.18. The minimum Gasteiger partial charge on any atom is -0.298 e. The number of aldehydes is 1. The minimum absolute atomic E-state index is 0.412. The molecular formula is C22H36O. The van der Waals surface area contributed by atoms with Crippen molar-refractivity contribution in [1.82, 2.24) is 0 Å². The van der Waals surface area contributed by atoms with E-state index in [1.54, 1.807) is 0 Å². The quantitative estimate of drug-likeness (QED) is 0.322. The van der Waals surface area contributed by atoms with Crippen LogP contribution in [0.1, 0.15) is 95.0 Å². The van der Waals surface area contributed by atoms with Crippen LogP contribution in [0.2, 0.25) is 0 Å². The summed E-state index contributed by atoms with van der Waals surface area (Å²) in [5, 5.41) is 0. The molecule has 0 radical (unpaired) electrons. The standard InChI is InChI=1S/C22H36O/c1-5-6-7-8-9-10-20(17-22(2,3)4)14-11-19-12-15-21(18-23)16-13-19/h12-13,15-16,18,20H,5-11,14,17H2,1-4H3. The third-order valence-corrected chi connectivity index (χ3v) is 4.57. The first-order valence-electron chi connectivity index (χ1n) is 9.48. The number of rotatable bonds is 11. The molecule has 1 rings (SSSR count). The number of hydrogen-bond donors (Lipinski definition) is 0. The molecule has 0 saturated heterocycles. The molecule has 0 amide bonds. The van der Waals surface area contributed by atoms with Crippen molar-refractivity contribution in [3.63, 3.8) is 0 Å². The highest BCUT2D eigenvalue weighted by molar-refractivity contribution is 5.74. The van der Waals surface area contributed by atoms with E-state index in [0.29, 0.717) is 5.41 Å². The predicted molar refractivity (Wildman–Crippen MR) is 101 cm³/mol. The second-order valence-electron chi connectivity index (χ2n) is 8.23. The highest BCUT2D eigenvalue weighted by Crippen LogP contribution is 2.30. The van der Waals surface area contributed by atoms with Gasteiger partial charge in [0.1, 0.15) is 6.29 Å². The molecule has 0 aliphatic carbocycles. The van der Waals surface area contributed by atoms with Gasteiger partial charge in [-0.15, -0.1) is 0 Å². The molecule has 0 spiro atoms. The summed E-state index contributed by atoms with van der Waals surface area (Å²) in [6.07, 6.45) is 12.9. The van der Waals surface area contributed by atoms with E-state index in [2.05, 4.69) is 39.8 Å². The first kappa shape index (κ1) is 19.9. The molecule has 0 aliphatic rings. The van der Waals surface area contributed by atoms with Crippen molar-refractivity contribution in [2.45, 2.75) is 85.5 Å². The molecule has 1 aromatic rings. The maximum Gasteiger partial charge on any atom is 0.150 e. The summed E-state index contributed by atoms with van der Waals surface area (Å²) < 4.78 is 0. The Kier molecular flexibility index (Phi) is 9.21. The smallest absolute Gasteiger partial charge is 0.150 e. The molecule has 1 unspecified atom stereocenters. The zero-order valence-electron chi connectivity index (χ0n) is 15.7. The van der Waals surface area contributed by atoms with E-state index < -0.39 is 0 Å². The number of unbranched alkanes of at least 4 members (excludes halogenated alkanes) is 4. The van der Waals surface area contributed by atoms with Crippen LogP contribution >= 0.6 is 0 Å². The Labute approximate surface area is 143 Å². The van der Waals surface area contributed by atoms with Gasteiger partial charge in [-0.3, -0.25) is 4.79 Å². The summed E-state index contributed by atoms with van der Waals surface area (Å²) in [4.78, 5) is 10.7. The molecule has 1 aromatic carbocycles. The average molecular weight is 317 g/mol. The average Bonchev–Trinajstić information content (AvgIpc) is 2.51. The van der Waals surface area contributed by atoms with Crippen LogP contribution in [0, 0.1) is 11.3 Å². The number of carbonyl (C=O) groups is 1. The first-order chi connectivity index (χ1) is 10.9. The van der Waals surface area contributed by atoms with E-state index in [1.165, 1.54) is 56.9 Å². The molecule has 1 nitrogen and oxygen atoms in total. The van der Waals surface area contributed by atoms with E-state index in [0.717, 1.165) is 24.2 Å². The van der Waals surface area contributed by atoms with E-state index in [9.17, 15) is 4.79 Å². The van der Waals surface area contributed by atoms with Gasteiger partial charge in [-0.05, 0) is 36.2 Å². The topological polar surface area (TPSA) is 17.1 Å². The van der Waals surface area contributed by atoms with Crippen molar-refractivity contribution in [3.8, 4) is 0 Å². The SMILES string of the molecule is CCCCCCCC(CCc1ccc(C=O)cc1)CC(C)(C)C. The molecular weight excluding hydrogens is 280 g/mol. The summed E-state index contributed by atoms with van der Waals surface area (Å²) >= 11 is 0. The molecule has 0 N–H and O–H groups in total. The lowest BCUT2D eigenvalue weighted by Crippen LogP contribution is -2.14. The van der Waals surface area contributed by atoms with Crippen LogP contribution < -0.4 is 0 Å². The largest absolute Gasteiger partial charge is 0.298 e. The second-order valence-corrected chi connectivity index (χ2v) is 8.23. The predicted octanol–water partition coefficient (Wildman–Crippen LogP) is 6.84. The molecule has 1 atom stereocenters. The van der Waals surface area contributed by atoms with Crippen molar-refractivity contribution < 1.29 is 4.79 Å². The fraction of sp³-hybridized carbons (Fsp3) is 0.682. The first-order valence-corrected chi connectivity index (χ1v) is 9.48. The fourth-order valence-corrected chi connectivity index (χ4v) is 3.38. The molecule has 0 saturated carbocycles. The van der Waals surface area contributed by atoms with Crippen molar-refractivity contribution in [1.29, 1.82) is 0 Å². The van der Waals surface area contributed by atoms with Gasteiger partial charge in [-0.2, -0.15) is 0 Å². The van der Waals surface area contributed by atoms with Gasteiger partial charge in [0.2, 0.25) is 0 Å². The summed E-state index contributed by atoms with van der Waals surface area (Å²) in [7, 11) is 0. The van der Waals surface area contributed by atoms with Crippen LogP contribution in [0.3, 0.4) is 0 Å². The monoisotopic (exact) mass is 316 g/mol. The van der Waals surface area contributed by atoms with E-state index in [1.807, 2.05) is 12.1 Å². The van der Waals surface area contributed by atoms with Gasteiger partial charge < -0.3 is 0 Å². The third kappa shape index (κ3) is 9.58. The Morgan fingerprint density at radius 2 is 1.61 bits per heavy atom. The Balaban J connectivity index is 2.45.